The van der Waals surface area contributed by atoms with Gasteiger partial charge in [-0.15, -0.1) is 0 Å². The molecule has 0 atom stereocenters. The second-order valence-electron chi connectivity index (χ2n) is 6.16. The molecular formula is C17H20ClN3O4. The van der Waals surface area contributed by atoms with E-state index < -0.39 is 17.7 Å². The Balaban J connectivity index is 1.96. The number of hydrogen-bond donors (Lipinski definition) is 1. The van der Waals surface area contributed by atoms with Crippen molar-refractivity contribution in [2.24, 2.45) is 0 Å². The van der Waals surface area contributed by atoms with E-state index in [0.717, 1.165) is 29.2 Å². The Labute approximate surface area is 150 Å². The number of amides is 4. The van der Waals surface area contributed by atoms with Crippen LogP contribution in [-0.2, 0) is 9.53 Å². The Hall–Kier alpha value is -2.28. The molecule has 1 aromatic carbocycles. The number of hydrogen-bond acceptors (Lipinski definition) is 4. The van der Waals surface area contributed by atoms with Crippen LogP contribution in [0.1, 0.15) is 39.0 Å². The van der Waals surface area contributed by atoms with Gasteiger partial charge in [0.15, 0.2) is 0 Å². The summed E-state index contributed by atoms with van der Waals surface area (Å²) in [6.45, 7) is 1.85. The maximum Gasteiger partial charge on any atom is 0.426 e. The van der Waals surface area contributed by atoms with Crippen LogP contribution in [0.15, 0.2) is 24.3 Å². The average molecular weight is 366 g/mol. The van der Waals surface area contributed by atoms with Crippen LogP contribution in [0.5, 0.6) is 0 Å². The Morgan fingerprint density at radius 1 is 1.20 bits per heavy atom. The lowest BCUT2D eigenvalue weighted by molar-refractivity contribution is -0.127. The molecule has 3 rings (SSSR count). The Kier molecular flexibility index (Phi) is 4.85. The van der Waals surface area contributed by atoms with Gasteiger partial charge < -0.3 is 4.74 Å². The van der Waals surface area contributed by atoms with Crippen LogP contribution < -0.4 is 10.3 Å². The molecule has 134 valence electrons. The molecule has 2 aliphatic rings. The van der Waals surface area contributed by atoms with Gasteiger partial charge in [0.1, 0.15) is 5.54 Å². The van der Waals surface area contributed by atoms with Crippen molar-refractivity contribution in [1.82, 2.24) is 10.4 Å². The largest absolute Gasteiger partial charge is 0.449 e. The molecule has 0 radical (unpaired) electrons. The monoisotopic (exact) mass is 365 g/mol. The van der Waals surface area contributed by atoms with Crippen molar-refractivity contribution < 1.29 is 19.1 Å². The van der Waals surface area contributed by atoms with E-state index in [0.29, 0.717) is 23.6 Å². The molecule has 8 heteroatoms. The van der Waals surface area contributed by atoms with Crippen LogP contribution in [0.2, 0.25) is 5.02 Å². The summed E-state index contributed by atoms with van der Waals surface area (Å²) in [5.41, 5.74) is 1.84. The third-order valence-electron chi connectivity index (χ3n) is 4.66. The van der Waals surface area contributed by atoms with Crippen molar-refractivity contribution in [3.8, 4) is 0 Å². The van der Waals surface area contributed by atoms with E-state index >= 15 is 0 Å². The van der Waals surface area contributed by atoms with Gasteiger partial charge in [-0.1, -0.05) is 30.9 Å². The topological polar surface area (TPSA) is 79.0 Å². The molecular weight excluding hydrogens is 346 g/mol. The Bertz CT molecular complexity index is 686. The first-order chi connectivity index (χ1) is 12.0. The number of ether oxygens (including phenoxy) is 1. The van der Waals surface area contributed by atoms with Crippen LogP contribution in [-0.4, -0.2) is 35.2 Å². The van der Waals surface area contributed by atoms with Gasteiger partial charge in [0, 0.05) is 5.02 Å². The zero-order valence-corrected chi connectivity index (χ0v) is 14.7. The summed E-state index contributed by atoms with van der Waals surface area (Å²) >= 11 is 5.89. The highest BCUT2D eigenvalue weighted by molar-refractivity contribution is 6.31. The van der Waals surface area contributed by atoms with Crippen molar-refractivity contribution in [2.45, 2.75) is 44.6 Å². The van der Waals surface area contributed by atoms with Crippen molar-refractivity contribution in [3.63, 3.8) is 0 Å². The number of rotatable bonds is 3. The van der Waals surface area contributed by atoms with E-state index in [9.17, 15) is 14.4 Å². The molecule has 1 heterocycles. The predicted molar refractivity (Wildman–Crippen MR) is 92.1 cm³/mol. The van der Waals surface area contributed by atoms with E-state index in [2.05, 4.69) is 5.43 Å². The van der Waals surface area contributed by atoms with Crippen molar-refractivity contribution >= 4 is 35.3 Å². The maximum absolute atomic E-state index is 13.2. The van der Waals surface area contributed by atoms with Gasteiger partial charge in [-0.25, -0.2) is 24.9 Å². The molecule has 1 saturated carbocycles. The van der Waals surface area contributed by atoms with Gasteiger partial charge >= 0.3 is 12.1 Å². The number of nitrogens with one attached hydrogen (secondary N) is 1. The zero-order valence-electron chi connectivity index (χ0n) is 14.0. The highest BCUT2D eigenvalue weighted by atomic mass is 35.5. The number of urea groups is 1. The van der Waals surface area contributed by atoms with E-state index in [1.807, 2.05) is 0 Å². The quantitative estimate of drug-likeness (QED) is 0.832. The molecule has 1 N–H and O–H groups in total. The van der Waals surface area contributed by atoms with Gasteiger partial charge in [-0.3, -0.25) is 4.79 Å². The molecule has 1 aromatic rings. The molecule has 0 bridgehead atoms. The molecule has 0 aromatic heterocycles. The fourth-order valence-corrected chi connectivity index (χ4v) is 3.60. The van der Waals surface area contributed by atoms with Crippen LogP contribution in [0.3, 0.4) is 0 Å². The summed E-state index contributed by atoms with van der Waals surface area (Å²) in [7, 11) is 0. The summed E-state index contributed by atoms with van der Waals surface area (Å²) < 4.78 is 4.89. The molecule has 25 heavy (non-hydrogen) atoms. The maximum atomic E-state index is 13.2. The molecule has 1 aliphatic carbocycles. The number of nitrogens with zero attached hydrogens (tertiary/aromatic N) is 2. The lowest BCUT2D eigenvalue weighted by atomic mass is 9.81. The normalized spacial score (nSPS) is 19.4. The van der Waals surface area contributed by atoms with E-state index in [-0.39, 0.29) is 12.5 Å². The number of anilines is 1. The van der Waals surface area contributed by atoms with Crippen molar-refractivity contribution in [1.29, 1.82) is 0 Å². The fraction of sp³-hybridized carbons (Fsp3) is 0.471. The second kappa shape index (κ2) is 6.92. The van der Waals surface area contributed by atoms with Crippen molar-refractivity contribution in [2.75, 3.05) is 11.5 Å². The number of halogens is 1. The fourth-order valence-electron chi connectivity index (χ4n) is 3.48. The summed E-state index contributed by atoms with van der Waals surface area (Å²) in [5, 5.41) is 1.66. The van der Waals surface area contributed by atoms with Crippen LogP contribution >= 0.6 is 11.6 Å². The molecule has 0 unspecified atom stereocenters. The van der Waals surface area contributed by atoms with Gasteiger partial charge in [-0.05, 0) is 44.0 Å². The average Bonchev–Trinajstić information content (AvgIpc) is 2.79. The number of benzene rings is 1. The SMILES string of the molecule is CCOC(=O)NN1C(=O)N(c2ccc(Cl)cc2)C(=O)C12CCCCC2. The van der Waals surface area contributed by atoms with Crippen LogP contribution in [0.25, 0.3) is 0 Å². The summed E-state index contributed by atoms with van der Waals surface area (Å²) in [5.74, 6) is -0.323. The lowest BCUT2D eigenvalue weighted by Gasteiger charge is -2.37. The number of carbonyl (C=O) groups is 3. The highest BCUT2D eigenvalue weighted by Gasteiger charge is 2.59. The molecule has 7 nitrogen and oxygen atoms in total. The standard InChI is InChI=1S/C17H20ClN3O4/c1-2-25-15(23)19-21-16(24)20(13-8-6-12(18)7-9-13)14(22)17(21)10-4-3-5-11-17/h6-9H,2-5,10-11H2,1H3,(H,19,23). The number of imide groups is 1. The molecule has 2 fully saturated rings. The van der Waals surface area contributed by atoms with E-state index in [4.69, 9.17) is 16.3 Å². The first-order valence-corrected chi connectivity index (χ1v) is 8.75. The summed E-state index contributed by atoms with van der Waals surface area (Å²) in [4.78, 5) is 39.1. The lowest BCUT2D eigenvalue weighted by Crippen LogP contribution is -2.58. The number of carbonyl (C=O) groups excluding carboxylic acids is 3. The predicted octanol–water partition coefficient (Wildman–Crippen LogP) is 3.47. The highest BCUT2D eigenvalue weighted by Crippen LogP contribution is 2.41. The van der Waals surface area contributed by atoms with Gasteiger partial charge in [0.2, 0.25) is 0 Å². The first kappa shape index (κ1) is 17.5. The second-order valence-corrected chi connectivity index (χ2v) is 6.60. The van der Waals surface area contributed by atoms with E-state index in [1.54, 1.807) is 31.2 Å². The minimum absolute atomic E-state index is 0.176. The molecule has 1 aliphatic heterocycles. The van der Waals surface area contributed by atoms with E-state index in [1.165, 1.54) is 0 Å². The minimum Gasteiger partial charge on any atom is -0.449 e. The Morgan fingerprint density at radius 2 is 1.84 bits per heavy atom. The first-order valence-electron chi connectivity index (χ1n) is 8.37. The molecule has 1 spiro atoms. The summed E-state index contributed by atoms with van der Waals surface area (Å²) in [6, 6.07) is 5.88. The molecule has 1 saturated heterocycles. The van der Waals surface area contributed by atoms with Crippen LogP contribution in [0, 0.1) is 0 Å². The van der Waals surface area contributed by atoms with Crippen molar-refractivity contribution in [3.05, 3.63) is 29.3 Å². The Morgan fingerprint density at radius 3 is 2.44 bits per heavy atom. The third kappa shape index (κ3) is 3.04. The van der Waals surface area contributed by atoms with Crippen LogP contribution in [0.4, 0.5) is 15.3 Å². The third-order valence-corrected chi connectivity index (χ3v) is 4.91. The van der Waals surface area contributed by atoms with Gasteiger partial charge in [-0.2, -0.15) is 0 Å². The molecule has 4 amide bonds. The van der Waals surface area contributed by atoms with Gasteiger partial charge in [0.25, 0.3) is 5.91 Å². The van der Waals surface area contributed by atoms with Gasteiger partial charge in [0.05, 0.1) is 12.3 Å². The number of hydrazine groups is 1. The zero-order chi connectivity index (χ0) is 18.0. The smallest absolute Gasteiger partial charge is 0.426 e. The minimum atomic E-state index is -1.05. The summed E-state index contributed by atoms with van der Waals surface area (Å²) in [6.07, 6.45) is 2.90.